The van der Waals surface area contributed by atoms with Gasteiger partial charge in [-0.25, -0.2) is 0 Å². The molecule has 0 aromatic heterocycles. The van der Waals surface area contributed by atoms with Gasteiger partial charge in [-0.3, -0.25) is 9.59 Å². The minimum absolute atomic E-state index is 0.0376. The molecule has 0 bridgehead atoms. The maximum absolute atomic E-state index is 12.0. The van der Waals surface area contributed by atoms with E-state index in [-0.39, 0.29) is 6.54 Å². The van der Waals surface area contributed by atoms with Crippen LogP contribution in [0.2, 0.25) is 0 Å². The van der Waals surface area contributed by atoms with Gasteiger partial charge in [0.05, 0.1) is 6.54 Å². The van der Waals surface area contributed by atoms with Crippen LogP contribution in [0.3, 0.4) is 0 Å². The number of methoxy groups -OCH3 is 1. The normalized spacial score (nSPS) is 13.6. The summed E-state index contributed by atoms with van der Waals surface area (Å²) in [5.41, 5.74) is -1.02. The van der Waals surface area contributed by atoms with Gasteiger partial charge in [0.1, 0.15) is 12.1 Å². The largest absolute Gasteiger partial charge is 0.480 e. The second kappa shape index (κ2) is 6.13. The number of terminal acetylenes is 1. The highest BCUT2D eigenvalue weighted by atomic mass is 16.5. The van der Waals surface area contributed by atoms with E-state index in [2.05, 4.69) is 5.92 Å². The molecule has 0 heterocycles. The Kier molecular flexibility index (Phi) is 5.54. The number of hydrogen-bond donors (Lipinski definition) is 1. The minimum Gasteiger partial charge on any atom is -0.480 e. The van der Waals surface area contributed by atoms with E-state index in [1.54, 1.807) is 13.8 Å². The van der Waals surface area contributed by atoms with E-state index in [0.29, 0.717) is 6.42 Å². The molecule has 1 unspecified atom stereocenters. The first-order chi connectivity index (χ1) is 7.41. The summed E-state index contributed by atoms with van der Waals surface area (Å²) in [6.45, 7) is 2.95. The lowest BCUT2D eigenvalue weighted by atomic mass is 10.0. The van der Waals surface area contributed by atoms with Crippen LogP contribution >= 0.6 is 0 Å². The maximum Gasteiger partial charge on any atom is 0.323 e. The first-order valence-corrected chi connectivity index (χ1v) is 4.91. The Morgan fingerprint density at radius 1 is 1.56 bits per heavy atom. The van der Waals surface area contributed by atoms with E-state index >= 15 is 0 Å². The van der Waals surface area contributed by atoms with Gasteiger partial charge in [0.15, 0.2) is 0 Å². The first-order valence-electron chi connectivity index (χ1n) is 4.91. The van der Waals surface area contributed by atoms with Crippen molar-refractivity contribution >= 4 is 11.9 Å². The molecule has 0 aromatic rings. The van der Waals surface area contributed by atoms with Gasteiger partial charge >= 0.3 is 5.97 Å². The highest BCUT2D eigenvalue weighted by Gasteiger charge is 2.35. The molecule has 1 atom stereocenters. The average molecular weight is 227 g/mol. The van der Waals surface area contributed by atoms with E-state index < -0.39 is 24.0 Å². The molecule has 16 heavy (non-hydrogen) atoms. The monoisotopic (exact) mass is 227 g/mol. The van der Waals surface area contributed by atoms with Crippen LogP contribution in [-0.4, -0.2) is 47.7 Å². The molecule has 0 aliphatic heterocycles. The van der Waals surface area contributed by atoms with Crippen molar-refractivity contribution in [1.29, 1.82) is 0 Å². The summed E-state index contributed by atoms with van der Waals surface area (Å²) in [4.78, 5) is 23.7. The number of carboxylic acids is 1. The Bertz CT molecular complexity index is 302. The van der Waals surface area contributed by atoms with Crippen molar-refractivity contribution in [2.24, 2.45) is 0 Å². The highest BCUT2D eigenvalue weighted by molar-refractivity contribution is 5.87. The molecule has 0 rings (SSSR count). The summed E-state index contributed by atoms with van der Waals surface area (Å²) in [5, 5.41) is 8.67. The van der Waals surface area contributed by atoms with Crippen molar-refractivity contribution in [1.82, 2.24) is 4.90 Å². The van der Waals surface area contributed by atoms with Gasteiger partial charge in [0, 0.05) is 7.11 Å². The predicted molar refractivity (Wildman–Crippen MR) is 58.8 cm³/mol. The smallest absolute Gasteiger partial charge is 0.323 e. The standard InChI is InChI=1S/C11H17NO4/c1-5-7-12(8-9(13)14)10(15)11(3,6-2)16-4/h1H,6-8H2,2-4H3,(H,13,14). The lowest BCUT2D eigenvalue weighted by Gasteiger charge is -2.30. The molecule has 5 nitrogen and oxygen atoms in total. The van der Waals surface area contributed by atoms with Crippen LogP contribution in [0, 0.1) is 12.3 Å². The first kappa shape index (κ1) is 14.5. The van der Waals surface area contributed by atoms with Crippen LogP contribution in [0.5, 0.6) is 0 Å². The molecular formula is C11H17NO4. The van der Waals surface area contributed by atoms with Crippen LogP contribution < -0.4 is 0 Å². The number of carboxylic acid groups (broad SMARTS) is 1. The number of carbonyl (C=O) groups is 2. The second-order valence-electron chi connectivity index (χ2n) is 3.55. The molecule has 1 N–H and O–H groups in total. The van der Waals surface area contributed by atoms with Crippen LogP contribution in [0.1, 0.15) is 20.3 Å². The molecule has 5 heteroatoms. The number of rotatable bonds is 6. The number of amides is 1. The number of aliphatic carboxylic acids is 1. The molecule has 0 fully saturated rings. The molecular weight excluding hydrogens is 210 g/mol. The Balaban J connectivity index is 4.86. The molecule has 0 spiro atoms. The molecule has 0 saturated carbocycles. The number of nitrogens with zero attached hydrogens (tertiary/aromatic N) is 1. The van der Waals surface area contributed by atoms with E-state index in [9.17, 15) is 9.59 Å². The maximum atomic E-state index is 12.0. The summed E-state index contributed by atoms with van der Waals surface area (Å²) >= 11 is 0. The van der Waals surface area contributed by atoms with Crippen molar-refractivity contribution < 1.29 is 19.4 Å². The van der Waals surface area contributed by atoms with E-state index in [4.69, 9.17) is 16.3 Å². The van der Waals surface area contributed by atoms with Gasteiger partial charge in [-0.2, -0.15) is 0 Å². The third-order valence-corrected chi connectivity index (χ3v) is 2.47. The topological polar surface area (TPSA) is 66.8 Å². The highest BCUT2D eigenvalue weighted by Crippen LogP contribution is 2.17. The molecule has 1 amide bonds. The van der Waals surface area contributed by atoms with Crippen molar-refractivity contribution in [3.8, 4) is 12.3 Å². The summed E-state index contributed by atoms with van der Waals surface area (Å²) < 4.78 is 5.10. The quantitative estimate of drug-likeness (QED) is 0.665. The Morgan fingerprint density at radius 3 is 2.44 bits per heavy atom. The van der Waals surface area contributed by atoms with Gasteiger partial charge in [0.25, 0.3) is 5.91 Å². The molecule has 0 aliphatic carbocycles. The van der Waals surface area contributed by atoms with E-state index in [1.807, 2.05) is 0 Å². The van der Waals surface area contributed by atoms with E-state index in [0.717, 1.165) is 4.90 Å². The van der Waals surface area contributed by atoms with Crippen LogP contribution in [0.25, 0.3) is 0 Å². The number of ether oxygens (including phenoxy) is 1. The van der Waals surface area contributed by atoms with Crippen LogP contribution in [0.15, 0.2) is 0 Å². The molecule has 0 aromatic carbocycles. The van der Waals surface area contributed by atoms with Crippen molar-refractivity contribution in [2.45, 2.75) is 25.9 Å². The van der Waals surface area contributed by atoms with Gasteiger partial charge in [0.2, 0.25) is 0 Å². The minimum atomic E-state index is -1.10. The van der Waals surface area contributed by atoms with Crippen molar-refractivity contribution in [3.05, 3.63) is 0 Å². The number of hydrogen-bond acceptors (Lipinski definition) is 3. The predicted octanol–water partition coefficient (Wildman–Crippen LogP) is 0.348. The van der Waals surface area contributed by atoms with Gasteiger partial charge in [-0.15, -0.1) is 6.42 Å². The van der Waals surface area contributed by atoms with Gasteiger partial charge in [-0.1, -0.05) is 12.8 Å². The number of carbonyl (C=O) groups excluding carboxylic acids is 1. The summed E-state index contributed by atoms with van der Waals surface area (Å²) in [6.07, 6.45) is 5.54. The zero-order valence-corrected chi connectivity index (χ0v) is 9.82. The fourth-order valence-electron chi connectivity index (χ4n) is 1.19. The van der Waals surface area contributed by atoms with E-state index in [1.165, 1.54) is 7.11 Å². The summed E-state index contributed by atoms with van der Waals surface area (Å²) in [7, 11) is 1.41. The lowest BCUT2D eigenvalue weighted by molar-refractivity contribution is -0.157. The molecule has 0 aliphatic rings. The SMILES string of the molecule is C#CCN(CC(=O)O)C(=O)C(C)(CC)OC. The zero-order valence-electron chi connectivity index (χ0n) is 9.82. The Labute approximate surface area is 95.4 Å². The Morgan fingerprint density at radius 2 is 2.12 bits per heavy atom. The fraction of sp³-hybridized carbons (Fsp3) is 0.636. The third-order valence-electron chi connectivity index (χ3n) is 2.47. The van der Waals surface area contributed by atoms with Crippen molar-refractivity contribution in [2.75, 3.05) is 20.2 Å². The summed E-state index contributed by atoms with van der Waals surface area (Å²) in [5.74, 6) is 0.757. The second-order valence-corrected chi connectivity index (χ2v) is 3.55. The lowest BCUT2D eigenvalue weighted by Crippen LogP contribution is -2.49. The molecule has 0 radical (unpaired) electrons. The molecule has 0 saturated heterocycles. The van der Waals surface area contributed by atoms with Crippen molar-refractivity contribution in [3.63, 3.8) is 0 Å². The Hall–Kier alpha value is -1.54. The average Bonchev–Trinajstić information content (AvgIpc) is 2.26. The summed E-state index contributed by atoms with van der Waals surface area (Å²) in [6, 6.07) is 0. The van der Waals surface area contributed by atoms with Crippen LogP contribution in [0.4, 0.5) is 0 Å². The zero-order chi connectivity index (χ0) is 12.8. The van der Waals surface area contributed by atoms with Gasteiger partial charge in [-0.05, 0) is 13.3 Å². The third kappa shape index (κ3) is 3.55. The van der Waals surface area contributed by atoms with Gasteiger partial charge < -0.3 is 14.7 Å². The fourth-order valence-corrected chi connectivity index (χ4v) is 1.19. The van der Waals surface area contributed by atoms with Crippen LogP contribution in [-0.2, 0) is 14.3 Å². The molecule has 90 valence electrons.